The van der Waals surface area contributed by atoms with Gasteiger partial charge in [-0.3, -0.25) is 19.4 Å². The van der Waals surface area contributed by atoms with Crippen molar-refractivity contribution < 1.29 is 19.1 Å². The summed E-state index contributed by atoms with van der Waals surface area (Å²) in [6.07, 6.45) is 4.29. The number of rotatable bonds is 5. The summed E-state index contributed by atoms with van der Waals surface area (Å²) >= 11 is 0. The maximum absolute atomic E-state index is 13.1. The Morgan fingerprint density at radius 3 is 2.53 bits per heavy atom. The quantitative estimate of drug-likeness (QED) is 0.746. The summed E-state index contributed by atoms with van der Waals surface area (Å²) in [6.45, 7) is 3.59. The third-order valence-electron chi connectivity index (χ3n) is 6.57. The van der Waals surface area contributed by atoms with E-state index in [1.54, 1.807) is 11.9 Å². The third-order valence-corrected chi connectivity index (χ3v) is 6.57. The van der Waals surface area contributed by atoms with Gasteiger partial charge in [-0.25, -0.2) is 4.79 Å². The molecule has 1 spiro atoms. The standard InChI is InChI=1S/C22H30N4O4/c1-24-21(29)26(20(28)22(24)9-5-2-6-10-22)16-19(27)23-18-8-4-3-7-17(18)15-25-11-13-30-14-12-25/h3-4,7-8H,2,5-6,9-16H2,1H3,(H,23,27). The second-order valence-corrected chi connectivity index (χ2v) is 8.42. The number of amides is 4. The molecule has 2 heterocycles. The van der Waals surface area contributed by atoms with Crippen LogP contribution in [0.4, 0.5) is 10.5 Å². The number of likely N-dealkylation sites (N-methyl/N-ethyl adjacent to an activating group) is 1. The average molecular weight is 415 g/mol. The largest absolute Gasteiger partial charge is 0.379 e. The zero-order valence-electron chi connectivity index (χ0n) is 17.6. The van der Waals surface area contributed by atoms with Crippen LogP contribution in [0.1, 0.15) is 37.7 Å². The highest BCUT2D eigenvalue weighted by atomic mass is 16.5. The van der Waals surface area contributed by atoms with E-state index < -0.39 is 5.54 Å². The predicted octanol–water partition coefficient (Wildman–Crippen LogP) is 2.05. The molecule has 1 aliphatic carbocycles. The van der Waals surface area contributed by atoms with Gasteiger partial charge in [0.1, 0.15) is 12.1 Å². The van der Waals surface area contributed by atoms with Crippen LogP contribution in [-0.2, 0) is 20.9 Å². The zero-order chi connectivity index (χ0) is 21.1. The van der Waals surface area contributed by atoms with Gasteiger partial charge in [0.15, 0.2) is 0 Å². The molecule has 162 valence electrons. The van der Waals surface area contributed by atoms with Gasteiger partial charge in [-0.05, 0) is 24.5 Å². The van der Waals surface area contributed by atoms with Gasteiger partial charge in [-0.2, -0.15) is 0 Å². The van der Waals surface area contributed by atoms with Crippen molar-refractivity contribution in [2.45, 2.75) is 44.2 Å². The Labute approximate surface area is 177 Å². The maximum atomic E-state index is 13.1. The van der Waals surface area contributed by atoms with Gasteiger partial charge in [0.25, 0.3) is 5.91 Å². The topological polar surface area (TPSA) is 82.2 Å². The van der Waals surface area contributed by atoms with Crippen LogP contribution < -0.4 is 5.32 Å². The van der Waals surface area contributed by atoms with Crippen LogP contribution in [0.3, 0.4) is 0 Å². The molecule has 1 aromatic rings. The number of hydrogen-bond donors (Lipinski definition) is 1. The van der Waals surface area contributed by atoms with Crippen LogP contribution >= 0.6 is 0 Å². The first-order valence-electron chi connectivity index (χ1n) is 10.8. The number of nitrogens with one attached hydrogen (secondary N) is 1. The molecule has 4 rings (SSSR count). The Bertz CT molecular complexity index is 815. The smallest absolute Gasteiger partial charge is 0.327 e. The lowest BCUT2D eigenvalue weighted by atomic mass is 9.81. The molecule has 1 N–H and O–H groups in total. The van der Waals surface area contributed by atoms with Crippen LogP contribution in [0.2, 0.25) is 0 Å². The number of nitrogens with zero attached hydrogens (tertiary/aromatic N) is 3. The number of urea groups is 1. The van der Waals surface area contributed by atoms with Crippen molar-refractivity contribution in [1.82, 2.24) is 14.7 Å². The molecule has 4 amide bonds. The summed E-state index contributed by atoms with van der Waals surface area (Å²) in [5, 5.41) is 2.91. The normalized spacial score (nSPS) is 22.0. The SMILES string of the molecule is CN1C(=O)N(CC(=O)Nc2ccccc2CN2CCOCC2)C(=O)C12CCCCC2. The molecule has 3 fully saturated rings. The van der Waals surface area contributed by atoms with Crippen molar-refractivity contribution in [2.24, 2.45) is 0 Å². The van der Waals surface area contributed by atoms with Crippen molar-refractivity contribution in [3.63, 3.8) is 0 Å². The molecule has 0 unspecified atom stereocenters. The second kappa shape index (κ2) is 8.73. The van der Waals surface area contributed by atoms with Crippen molar-refractivity contribution >= 4 is 23.5 Å². The number of benzene rings is 1. The van der Waals surface area contributed by atoms with E-state index >= 15 is 0 Å². The molecule has 1 aromatic carbocycles. The minimum absolute atomic E-state index is 0.230. The van der Waals surface area contributed by atoms with Gasteiger partial charge in [0, 0.05) is 32.4 Å². The predicted molar refractivity (Wildman–Crippen MR) is 112 cm³/mol. The van der Waals surface area contributed by atoms with Crippen LogP contribution in [-0.4, -0.2) is 78.0 Å². The number of anilines is 1. The summed E-state index contributed by atoms with van der Waals surface area (Å²) in [5.74, 6) is -0.584. The number of para-hydroxylation sites is 1. The van der Waals surface area contributed by atoms with Gasteiger partial charge in [0.2, 0.25) is 5.91 Å². The molecule has 8 heteroatoms. The molecule has 0 radical (unpaired) electrons. The molecule has 2 aliphatic heterocycles. The lowest BCUT2D eigenvalue weighted by Gasteiger charge is -2.35. The van der Waals surface area contributed by atoms with Crippen LogP contribution in [0.25, 0.3) is 0 Å². The first kappa shape index (κ1) is 20.8. The van der Waals surface area contributed by atoms with Crippen molar-refractivity contribution in [3.8, 4) is 0 Å². The third kappa shape index (κ3) is 3.94. The lowest BCUT2D eigenvalue weighted by Crippen LogP contribution is -2.49. The molecular weight excluding hydrogens is 384 g/mol. The molecule has 0 bridgehead atoms. The fourth-order valence-electron chi connectivity index (χ4n) is 4.78. The highest BCUT2D eigenvalue weighted by molar-refractivity contribution is 6.10. The van der Waals surface area contributed by atoms with E-state index in [9.17, 15) is 14.4 Å². The molecule has 0 aromatic heterocycles. The van der Waals surface area contributed by atoms with Crippen molar-refractivity contribution in [3.05, 3.63) is 29.8 Å². The van der Waals surface area contributed by atoms with E-state index in [0.717, 1.165) is 42.8 Å². The first-order valence-corrected chi connectivity index (χ1v) is 10.8. The Morgan fingerprint density at radius 1 is 1.10 bits per heavy atom. The second-order valence-electron chi connectivity index (χ2n) is 8.42. The molecule has 30 heavy (non-hydrogen) atoms. The summed E-state index contributed by atoms with van der Waals surface area (Å²) in [7, 11) is 1.68. The fourth-order valence-corrected chi connectivity index (χ4v) is 4.78. The van der Waals surface area contributed by atoms with Crippen LogP contribution in [0.5, 0.6) is 0 Å². The van der Waals surface area contributed by atoms with Crippen molar-refractivity contribution in [2.75, 3.05) is 45.2 Å². The Morgan fingerprint density at radius 2 is 1.80 bits per heavy atom. The van der Waals surface area contributed by atoms with E-state index in [2.05, 4.69) is 10.2 Å². The fraction of sp³-hybridized carbons (Fsp3) is 0.591. The van der Waals surface area contributed by atoms with E-state index in [-0.39, 0.29) is 24.4 Å². The number of carbonyl (C=O) groups excluding carboxylic acids is 3. The van der Waals surface area contributed by atoms with Crippen LogP contribution in [0, 0.1) is 0 Å². The highest BCUT2D eigenvalue weighted by Crippen LogP contribution is 2.39. The van der Waals surface area contributed by atoms with Crippen molar-refractivity contribution in [1.29, 1.82) is 0 Å². The van der Waals surface area contributed by atoms with E-state index in [1.165, 1.54) is 0 Å². The molecule has 0 atom stereocenters. The van der Waals surface area contributed by atoms with Gasteiger partial charge in [-0.15, -0.1) is 0 Å². The molecular formula is C22H30N4O4. The minimum Gasteiger partial charge on any atom is -0.379 e. The monoisotopic (exact) mass is 414 g/mol. The van der Waals surface area contributed by atoms with Crippen LogP contribution in [0.15, 0.2) is 24.3 Å². The summed E-state index contributed by atoms with van der Waals surface area (Å²) in [5.41, 5.74) is 0.964. The molecule has 3 aliphatic rings. The number of carbonyl (C=O) groups is 3. The number of morpholine rings is 1. The summed E-state index contributed by atoms with van der Waals surface area (Å²) in [6, 6.07) is 7.28. The van der Waals surface area contributed by atoms with Gasteiger partial charge in [0.05, 0.1) is 13.2 Å². The van der Waals surface area contributed by atoms with Gasteiger partial charge < -0.3 is 15.0 Å². The first-order chi connectivity index (χ1) is 14.5. The van der Waals surface area contributed by atoms with E-state index in [4.69, 9.17) is 4.74 Å². The average Bonchev–Trinajstić information content (AvgIpc) is 2.93. The van der Waals surface area contributed by atoms with Gasteiger partial charge >= 0.3 is 6.03 Å². The Balaban J connectivity index is 1.42. The van der Waals surface area contributed by atoms with Gasteiger partial charge in [-0.1, -0.05) is 37.5 Å². The maximum Gasteiger partial charge on any atom is 0.327 e. The minimum atomic E-state index is -0.760. The number of imide groups is 1. The lowest BCUT2D eigenvalue weighted by molar-refractivity contribution is -0.136. The summed E-state index contributed by atoms with van der Waals surface area (Å²) < 4.78 is 5.40. The number of hydrogen-bond acceptors (Lipinski definition) is 5. The highest BCUT2D eigenvalue weighted by Gasteiger charge is 2.55. The Hall–Kier alpha value is -2.45. The molecule has 1 saturated carbocycles. The molecule has 2 saturated heterocycles. The van der Waals surface area contributed by atoms with E-state index in [0.29, 0.717) is 38.3 Å². The summed E-state index contributed by atoms with van der Waals surface area (Å²) in [4.78, 5) is 43.5. The molecule has 8 nitrogen and oxygen atoms in total. The Kier molecular flexibility index (Phi) is 6.06. The number of ether oxygens (including phenoxy) is 1. The van der Waals surface area contributed by atoms with E-state index in [1.807, 2.05) is 24.3 Å². The zero-order valence-corrected chi connectivity index (χ0v) is 17.6.